The molecule has 0 radical (unpaired) electrons. The highest BCUT2D eigenvalue weighted by Gasteiger charge is 2.17. The van der Waals surface area contributed by atoms with E-state index >= 15 is 0 Å². The number of aromatic amines is 1. The van der Waals surface area contributed by atoms with Gasteiger partial charge in [-0.15, -0.1) is 0 Å². The van der Waals surface area contributed by atoms with Crippen LogP contribution < -0.4 is 14.8 Å². The molecule has 4 aromatic rings. The number of nitrogens with zero attached hydrogens (tertiary/aromatic N) is 4. The summed E-state index contributed by atoms with van der Waals surface area (Å²) < 4.78 is 11.0. The molecule has 0 spiro atoms. The van der Waals surface area contributed by atoms with Gasteiger partial charge in [0.1, 0.15) is 11.4 Å². The molecule has 9 heteroatoms. The van der Waals surface area contributed by atoms with E-state index in [2.05, 4.69) is 25.3 Å². The molecule has 1 aromatic carbocycles. The number of carbonyl (C=O) groups is 1. The lowest BCUT2D eigenvalue weighted by molar-refractivity contribution is 0.0827. The molecule has 3 heterocycles. The van der Waals surface area contributed by atoms with Gasteiger partial charge in [0.2, 0.25) is 11.8 Å². The first kappa shape index (κ1) is 20.1. The maximum absolute atomic E-state index is 12.2. The van der Waals surface area contributed by atoms with Crippen molar-refractivity contribution in [2.24, 2.45) is 0 Å². The minimum atomic E-state index is -0.112. The first-order valence-electron chi connectivity index (χ1n) is 9.52. The summed E-state index contributed by atoms with van der Waals surface area (Å²) in [6.07, 6.45) is 5.33. The third-order valence-corrected chi connectivity index (χ3v) is 4.78. The number of amides is 1. The van der Waals surface area contributed by atoms with Gasteiger partial charge in [0.15, 0.2) is 0 Å². The van der Waals surface area contributed by atoms with Crippen LogP contribution in [0.5, 0.6) is 11.6 Å². The Morgan fingerprint density at radius 1 is 1.06 bits per heavy atom. The van der Waals surface area contributed by atoms with Crippen molar-refractivity contribution in [2.45, 2.75) is 0 Å². The van der Waals surface area contributed by atoms with Gasteiger partial charge in [0.05, 0.1) is 25.3 Å². The zero-order valence-corrected chi connectivity index (χ0v) is 17.6. The summed E-state index contributed by atoms with van der Waals surface area (Å²) in [5.41, 5.74) is 3.67. The highest BCUT2D eigenvalue weighted by molar-refractivity contribution is 5.98. The molecule has 0 atom stereocenters. The number of methoxy groups -OCH3 is 2. The second-order valence-electron chi connectivity index (χ2n) is 6.96. The minimum absolute atomic E-state index is 0.112. The number of ether oxygens (including phenoxy) is 2. The zero-order valence-electron chi connectivity index (χ0n) is 17.6. The third-order valence-electron chi connectivity index (χ3n) is 4.78. The lowest BCUT2D eigenvalue weighted by atomic mass is 10.1. The average Bonchev–Trinajstić information content (AvgIpc) is 3.23. The molecule has 158 valence electrons. The lowest BCUT2D eigenvalue weighted by Crippen LogP contribution is -2.21. The Bertz CT molecular complexity index is 1240. The van der Waals surface area contributed by atoms with Crippen LogP contribution >= 0.6 is 0 Å². The van der Waals surface area contributed by atoms with E-state index in [0.717, 1.165) is 16.5 Å². The van der Waals surface area contributed by atoms with Gasteiger partial charge in [-0.25, -0.2) is 0 Å². The van der Waals surface area contributed by atoms with Crippen LogP contribution in [0.25, 0.3) is 22.2 Å². The molecule has 3 aromatic heterocycles. The van der Waals surface area contributed by atoms with Crippen LogP contribution in [0.3, 0.4) is 0 Å². The number of rotatable bonds is 6. The first-order chi connectivity index (χ1) is 15.0. The Morgan fingerprint density at radius 3 is 2.52 bits per heavy atom. The smallest absolute Gasteiger partial charge is 0.253 e. The molecule has 0 saturated carbocycles. The Hall–Kier alpha value is -4.14. The highest BCUT2D eigenvalue weighted by Crippen LogP contribution is 2.35. The SMILES string of the molecule is COc1cc(C(=O)N(C)C)ccc1Nc1nc(OC)c2c(-c3ccncc3)c[nH]c2n1. The molecule has 4 rings (SSSR count). The fourth-order valence-electron chi connectivity index (χ4n) is 3.27. The summed E-state index contributed by atoms with van der Waals surface area (Å²) in [5, 5.41) is 3.93. The maximum atomic E-state index is 12.2. The van der Waals surface area contributed by atoms with Gasteiger partial charge in [-0.05, 0) is 35.9 Å². The normalized spacial score (nSPS) is 10.7. The Morgan fingerprint density at radius 2 is 1.84 bits per heavy atom. The van der Waals surface area contributed by atoms with E-state index in [0.29, 0.717) is 34.5 Å². The quantitative estimate of drug-likeness (QED) is 0.494. The zero-order chi connectivity index (χ0) is 22.0. The van der Waals surface area contributed by atoms with Gasteiger partial charge < -0.3 is 24.7 Å². The standard InChI is InChI=1S/C22H22N6O3/c1-28(2)21(29)14-5-6-16(17(11-14)30-3)25-22-26-19-18(20(27-22)31-4)15(12-24-19)13-7-9-23-10-8-13/h5-12H,1-4H3,(H2,24,25,26,27). The van der Waals surface area contributed by atoms with Crippen LogP contribution in [0, 0.1) is 0 Å². The van der Waals surface area contributed by atoms with E-state index in [4.69, 9.17) is 9.47 Å². The van der Waals surface area contributed by atoms with Crippen molar-refractivity contribution < 1.29 is 14.3 Å². The molecule has 0 bridgehead atoms. The van der Waals surface area contributed by atoms with Crippen molar-refractivity contribution in [1.29, 1.82) is 0 Å². The maximum Gasteiger partial charge on any atom is 0.253 e. The lowest BCUT2D eigenvalue weighted by Gasteiger charge is -2.14. The molecular weight excluding hydrogens is 396 g/mol. The second-order valence-corrected chi connectivity index (χ2v) is 6.96. The number of carbonyl (C=O) groups excluding carboxylic acids is 1. The summed E-state index contributed by atoms with van der Waals surface area (Å²) in [6.45, 7) is 0. The molecular formula is C22H22N6O3. The molecule has 31 heavy (non-hydrogen) atoms. The Labute approximate surface area is 179 Å². The van der Waals surface area contributed by atoms with Gasteiger partial charge in [0, 0.05) is 43.8 Å². The predicted octanol–water partition coefficient (Wildman–Crippen LogP) is 3.48. The van der Waals surface area contributed by atoms with Crippen LogP contribution in [0.15, 0.2) is 48.9 Å². The second kappa shape index (κ2) is 8.31. The number of pyridine rings is 1. The number of nitrogens with one attached hydrogen (secondary N) is 2. The average molecular weight is 418 g/mol. The molecule has 9 nitrogen and oxygen atoms in total. The molecule has 0 fully saturated rings. The fourth-order valence-corrected chi connectivity index (χ4v) is 3.27. The number of H-pyrrole nitrogens is 1. The molecule has 1 amide bonds. The van der Waals surface area contributed by atoms with Crippen molar-refractivity contribution in [3.05, 3.63) is 54.5 Å². The van der Waals surface area contributed by atoms with Gasteiger partial charge in [-0.3, -0.25) is 9.78 Å². The largest absolute Gasteiger partial charge is 0.495 e. The van der Waals surface area contributed by atoms with Crippen molar-refractivity contribution in [1.82, 2.24) is 24.8 Å². The number of fused-ring (bicyclic) bond motifs is 1. The van der Waals surface area contributed by atoms with Crippen molar-refractivity contribution in [2.75, 3.05) is 33.6 Å². The number of benzene rings is 1. The van der Waals surface area contributed by atoms with E-state index in [1.54, 1.807) is 58.9 Å². The van der Waals surface area contributed by atoms with Crippen LogP contribution in [-0.4, -0.2) is 59.1 Å². The van der Waals surface area contributed by atoms with Gasteiger partial charge in [0.25, 0.3) is 5.91 Å². The summed E-state index contributed by atoms with van der Waals surface area (Å²) in [6, 6.07) is 8.98. The van der Waals surface area contributed by atoms with E-state index in [-0.39, 0.29) is 5.91 Å². The minimum Gasteiger partial charge on any atom is -0.495 e. The first-order valence-corrected chi connectivity index (χ1v) is 9.52. The van der Waals surface area contributed by atoms with E-state index in [9.17, 15) is 4.79 Å². The Kier molecular flexibility index (Phi) is 5.40. The van der Waals surface area contributed by atoms with E-state index in [1.165, 1.54) is 4.90 Å². The fraction of sp³-hybridized carbons (Fsp3) is 0.182. The highest BCUT2D eigenvalue weighted by atomic mass is 16.5. The van der Waals surface area contributed by atoms with Gasteiger partial charge in [-0.1, -0.05) is 0 Å². The van der Waals surface area contributed by atoms with Crippen LogP contribution in [0.1, 0.15) is 10.4 Å². The summed E-state index contributed by atoms with van der Waals surface area (Å²) in [5.74, 6) is 1.15. The topological polar surface area (TPSA) is 105 Å². The number of anilines is 2. The summed E-state index contributed by atoms with van der Waals surface area (Å²) in [7, 11) is 6.51. The van der Waals surface area contributed by atoms with E-state index in [1.807, 2.05) is 18.3 Å². The van der Waals surface area contributed by atoms with Crippen LogP contribution in [0.4, 0.5) is 11.6 Å². The van der Waals surface area contributed by atoms with E-state index < -0.39 is 0 Å². The molecule has 0 aliphatic heterocycles. The summed E-state index contributed by atoms with van der Waals surface area (Å²) in [4.78, 5) is 30.1. The Balaban J connectivity index is 1.72. The van der Waals surface area contributed by atoms with Crippen molar-refractivity contribution in [3.8, 4) is 22.8 Å². The number of aromatic nitrogens is 4. The summed E-state index contributed by atoms with van der Waals surface area (Å²) >= 11 is 0. The van der Waals surface area contributed by atoms with Crippen molar-refractivity contribution in [3.63, 3.8) is 0 Å². The monoisotopic (exact) mass is 418 g/mol. The third kappa shape index (κ3) is 3.85. The molecule has 0 aliphatic rings. The van der Waals surface area contributed by atoms with Gasteiger partial charge in [-0.2, -0.15) is 9.97 Å². The molecule has 0 aliphatic carbocycles. The molecule has 0 saturated heterocycles. The molecule has 2 N–H and O–H groups in total. The number of hydrogen-bond donors (Lipinski definition) is 2. The van der Waals surface area contributed by atoms with Gasteiger partial charge >= 0.3 is 0 Å². The molecule has 0 unspecified atom stereocenters. The van der Waals surface area contributed by atoms with Crippen LogP contribution in [-0.2, 0) is 0 Å². The van der Waals surface area contributed by atoms with Crippen molar-refractivity contribution >= 4 is 28.6 Å². The van der Waals surface area contributed by atoms with Crippen LogP contribution in [0.2, 0.25) is 0 Å². The predicted molar refractivity (Wildman–Crippen MR) is 118 cm³/mol. The number of hydrogen-bond acceptors (Lipinski definition) is 7.